The smallest absolute Gasteiger partial charge is 0.268 e. The molecule has 2 heterocycles. The predicted molar refractivity (Wildman–Crippen MR) is 63.1 cm³/mol. The minimum Gasteiger partial charge on any atom is -0.365 e. The molecule has 5 heteroatoms. The highest BCUT2D eigenvalue weighted by Crippen LogP contribution is 2.07. The lowest BCUT2D eigenvalue weighted by Gasteiger charge is -2.10. The third-order valence-corrected chi connectivity index (χ3v) is 2.46. The lowest BCUT2D eigenvalue weighted by atomic mass is 10.2. The van der Waals surface area contributed by atoms with Crippen LogP contribution in [0, 0.1) is 6.92 Å². The minimum atomic E-state index is -0.724. The fraction of sp³-hybridized carbons (Fsp3) is 0.0833. The Labute approximate surface area is 97.5 Å². The molecular weight excluding hydrogens is 218 g/mol. The van der Waals surface area contributed by atoms with Crippen molar-refractivity contribution in [1.82, 2.24) is 9.55 Å². The van der Waals surface area contributed by atoms with Crippen LogP contribution >= 0.6 is 0 Å². The van der Waals surface area contributed by atoms with Gasteiger partial charge in [0.05, 0.1) is 5.69 Å². The average molecular weight is 229 g/mol. The van der Waals surface area contributed by atoms with E-state index in [1.165, 1.54) is 10.6 Å². The summed E-state index contributed by atoms with van der Waals surface area (Å²) in [5, 5.41) is 0. The van der Waals surface area contributed by atoms with Crippen molar-refractivity contribution in [3.8, 4) is 5.69 Å². The van der Waals surface area contributed by atoms with Crippen LogP contribution in [0.4, 0.5) is 0 Å². The topological polar surface area (TPSA) is 78.0 Å². The molecule has 17 heavy (non-hydrogen) atoms. The summed E-state index contributed by atoms with van der Waals surface area (Å²) in [5.74, 6) is -0.724. The summed E-state index contributed by atoms with van der Waals surface area (Å²) < 4.78 is 1.43. The van der Waals surface area contributed by atoms with Gasteiger partial charge in [-0.15, -0.1) is 0 Å². The fourth-order valence-electron chi connectivity index (χ4n) is 1.63. The number of nitrogens with two attached hydrogens (primary N) is 1. The van der Waals surface area contributed by atoms with Crippen LogP contribution < -0.4 is 11.3 Å². The largest absolute Gasteiger partial charge is 0.365 e. The molecule has 0 radical (unpaired) electrons. The van der Waals surface area contributed by atoms with Gasteiger partial charge < -0.3 is 5.73 Å². The fourth-order valence-corrected chi connectivity index (χ4v) is 1.63. The van der Waals surface area contributed by atoms with Gasteiger partial charge in [0.2, 0.25) is 0 Å². The zero-order valence-corrected chi connectivity index (χ0v) is 9.25. The first kappa shape index (κ1) is 11.1. The van der Waals surface area contributed by atoms with Crippen molar-refractivity contribution in [2.45, 2.75) is 6.92 Å². The predicted octanol–water partition coefficient (Wildman–Crippen LogP) is 0.640. The summed E-state index contributed by atoms with van der Waals surface area (Å²) in [7, 11) is 0. The third kappa shape index (κ3) is 1.94. The molecule has 1 amide bonds. The Morgan fingerprint density at radius 2 is 1.88 bits per heavy atom. The van der Waals surface area contributed by atoms with E-state index in [9.17, 15) is 9.59 Å². The highest BCUT2D eigenvalue weighted by atomic mass is 16.2. The van der Waals surface area contributed by atoms with E-state index in [4.69, 9.17) is 5.73 Å². The number of carbonyl (C=O) groups is 1. The van der Waals surface area contributed by atoms with E-state index in [2.05, 4.69) is 4.98 Å². The molecule has 0 aromatic carbocycles. The van der Waals surface area contributed by atoms with Gasteiger partial charge in [0.25, 0.3) is 11.5 Å². The number of hydrogen-bond donors (Lipinski definition) is 1. The van der Waals surface area contributed by atoms with Gasteiger partial charge in [-0.1, -0.05) is 0 Å². The summed E-state index contributed by atoms with van der Waals surface area (Å²) >= 11 is 0. The van der Waals surface area contributed by atoms with Crippen LogP contribution in [0.1, 0.15) is 16.1 Å². The first-order valence-electron chi connectivity index (χ1n) is 5.04. The first-order chi connectivity index (χ1) is 8.11. The maximum atomic E-state index is 12.1. The quantitative estimate of drug-likeness (QED) is 0.820. The van der Waals surface area contributed by atoms with Crippen LogP contribution in [0.2, 0.25) is 0 Å². The summed E-state index contributed by atoms with van der Waals surface area (Å²) in [4.78, 5) is 27.1. The minimum absolute atomic E-state index is 0.0209. The number of hydrogen-bond acceptors (Lipinski definition) is 3. The van der Waals surface area contributed by atoms with Crippen molar-refractivity contribution >= 4 is 5.91 Å². The van der Waals surface area contributed by atoms with Crippen LogP contribution in [0.5, 0.6) is 0 Å². The van der Waals surface area contributed by atoms with Crippen LogP contribution in [0.3, 0.4) is 0 Å². The summed E-state index contributed by atoms with van der Waals surface area (Å²) in [6.07, 6.45) is 3.16. The maximum Gasteiger partial charge on any atom is 0.268 e. The SMILES string of the molecule is Cc1ccc(C(N)=O)c(=O)n1-c1ccncc1. The maximum absolute atomic E-state index is 12.1. The van der Waals surface area contributed by atoms with E-state index < -0.39 is 11.5 Å². The normalized spacial score (nSPS) is 10.2. The number of aromatic nitrogens is 2. The molecule has 0 fully saturated rings. The van der Waals surface area contributed by atoms with E-state index >= 15 is 0 Å². The van der Waals surface area contributed by atoms with Gasteiger partial charge >= 0.3 is 0 Å². The molecule has 2 aromatic rings. The van der Waals surface area contributed by atoms with Crippen LogP contribution in [0.15, 0.2) is 41.5 Å². The second-order valence-corrected chi connectivity index (χ2v) is 3.60. The van der Waals surface area contributed by atoms with E-state index in [0.717, 1.165) is 5.69 Å². The van der Waals surface area contributed by atoms with Crippen molar-refractivity contribution in [2.75, 3.05) is 0 Å². The van der Waals surface area contributed by atoms with Crippen LogP contribution in [-0.2, 0) is 0 Å². The van der Waals surface area contributed by atoms with E-state index in [-0.39, 0.29) is 5.56 Å². The van der Waals surface area contributed by atoms with Crippen molar-refractivity contribution < 1.29 is 4.79 Å². The summed E-state index contributed by atoms with van der Waals surface area (Å²) in [6.45, 7) is 1.78. The molecule has 0 aliphatic carbocycles. The Kier molecular flexibility index (Phi) is 2.74. The van der Waals surface area contributed by atoms with Crippen molar-refractivity contribution in [3.63, 3.8) is 0 Å². The Hall–Kier alpha value is -2.43. The van der Waals surface area contributed by atoms with Gasteiger partial charge in [-0.2, -0.15) is 0 Å². The molecule has 0 aliphatic heterocycles. The molecule has 0 spiro atoms. The molecule has 2 N–H and O–H groups in total. The highest BCUT2D eigenvalue weighted by molar-refractivity contribution is 5.92. The number of primary amides is 1. The van der Waals surface area contributed by atoms with Crippen molar-refractivity contribution in [2.24, 2.45) is 5.73 Å². The monoisotopic (exact) mass is 229 g/mol. The molecular formula is C12H11N3O2. The van der Waals surface area contributed by atoms with E-state index in [0.29, 0.717) is 5.69 Å². The van der Waals surface area contributed by atoms with E-state index in [1.807, 2.05) is 0 Å². The molecule has 0 unspecified atom stereocenters. The van der Waals surface area contributed by atoms with Gasteiger partial charge in [0, 0.05) is 18.1 Å². The van der Waals surface area contributed by atoms with Crippen molar-refractivity contribution in [1.29, 1.82) is 0 Å². The zero-order chi connectivity index (χ0) is 12.4. The molecule has 2 rings (SSSR count). The Balaban J connectivity index is 2.74. The third-order valence-electron chi connectivity index (χ3n) is 2.46. The number of aryl methyl sites for hydroxylation is 1. The molecule has 0 aliphatic rings. The number of amides is 1. The number of nitrogens with zero attached hydrogens (tertiary/aromatic N) is 2. The number of carbonyl (C=O) groups excluding carboxylic acids is 1. The number of rotatable bonds is 2. The zero-order valence-electron chi connectivity index (χ0n) is 9.25. The lowest BCUT2D eigenvalue weighted by molar-refractivity contribution is 0.0998. The lowest BCUT2D eigenvalue weighted by Crippen LogP contribution is -2.29. The molecule has 0 saturated carbocycles. The van der Waals surface area contributed by atoms with Gasteiger partial charge in [-0.3, -0.25) is 19.1 Å². The molecule has 0 saturated heterocycles. The van der Waals surface area contributed by atoms with Crippen LogP contribution in [0.25, 0.3) is 5.69 Å². The first-order valence-corrected chi connectivity index (χ1v) is 5.04. The Morgan fingerprint density at radius 1 is 1.24 bits per heavy atom. The van der Waals surface area contributed by atoms with Gasteiger partial charge in [0.15, 0.2) is 0 Å². The van der Waals surface area contributed by atoms with Gasteiger partial charge in [-0.25, -0.2) is 0 Å². The van der Waals surface area contributed by atoms with Crippen LogP contribution in [-0.4, -0.2) is 15.5 Å². The molecule has 86 valence electrons. The standard InChI is InChI=1S/C12H11N3O2/c1-8-2-3-10(11(13)16)12(17)15(8)9-4-6-14-7-5-9/h2-7H,1H3,(H2,13,16). The number of pyridine rings is 2. The Morgan fingerprint density at radius 3 is 2.47 bits per heavy atom. The summed E-state index contributed by atoms with van der Waals surface area (Å²) in [5.41, 5.74) is 6.10. The molecule has 0 bridgehead atoms. The van der Waals surface area contributed by atoms with Gasteiger partial charge in [0.1, 0.15) is 5.56 Å². The molecule has 5 nitrogen and oxygen atoms in total. The van der Waals surface area contributed by atoms with E-state index in [1.54, 1.807) is 37.5 Å². The average Bonchev–Trinajstić information content (AvgIpc) is 2.30. The Bertz CT molecular complexity index is 617. The molecule has 0 atom stereocenters. The van der Waals surface area contributed by atoms with Gasteiger partial charge in [-0.05, 0) is 31.2 Å². The van der Waals surface area contributed by atoms with Crippen molar-refractivity contribution in [3.05, 3.63) is 58.3 Å². The molecule has 2 aromatic heterocycles. The summed E-state index contributed by atoms with van der Waals surface area (Å²) in [6, 6.07) is 6.51. The second-order valence-electron chi connectivity index (χ2n) is 3.60. The second kappa shape index (κ2) is 4.21. The highest BCUT2D eigenvalue weighted by Gasteiger charge is 2.11.